The number of nitrogens with one attached hydrogen (secondary N) is 3. The molecule has 2 aromatic carbocycles. The largest absolute Gasteiger partial charge is 0.371 e. The normalized spacial score (nSPS) is 13.6. The Hall–Kier alpha value is -4.20. The fourth-order valence-electron chi connectivity index (χ4n) is 4.34. The van der Waals surface area contributed by atoms with Crippen molar-refractivity contribution in [3.05, 3.63) is 84.2 Å². The van der Waals surface area contributed by atoms with Gasteiger partial charge in [0.2, 0.25) is 5.91 Å². The van der Waals surface area contributed by atoms with Gasteiger partial charge in [-0.15, -0.1) is 0 Å². The van der Waals surface area contributed by atoms with Crippen molar-refractivity contribution in [3.8, 4) is 0 Å². The van der Waals surface area contributed by atoms with Crippen LogP contribution in [0.2, 0.25) is 0 Å². The van der Waals surface area contributed by atoms with Gasteiger partial charge in [-0.2, -0.15) is 0 Å². The molecular weight excluding hydrogens is 466 g/mol. The first-order chi connectivity index (χ1) is 18.0. The summed E-state index contributed by atoms with van der Waals surface area (Å²) in [6, 6.07) is 17.2. The van der Waals surface area contributed by atoms with Crippen LogP contribution < -0.4 is 20.9 Å². The molecule has 0 spiro atoms. The zero-order valence-electron chi connectivity index (χ0n) is 21.1. The number of pyridine rings is 1. The zero-order valence-corrected chi connectivity index (χ0v) is 21.1. The van der Waals surface area contributed by atoms with E-state index in [-0.39, 0.29) is 17.7 Å². The summed E-state index contributed by atoms with van der Waals surface area (Å²) in [5, 5.41) is 8.65. The molecule has 37 heavy (non-hydrogen) atoms. The second kappa shape index (κ2) is 12.7. The maximum atomic E-state index is 13.2. The summed E-state index contributed by atoms with van der Waals surface area (Å²) >= 11 is 0. The molecule has 3 N–H and O–H groups in total. The number of carbonyl (C=O) groups is 3. The number of amides is 3. The first-order valence-electron chi connectivity index (χ1n) is 12.8. The van der Waals surface area contributed by atoms with Gasteiger partial charge in [0, 0.05) is 48.1 Å². The van der Waals surface area contributed by atoms with Crippen molar-refractivity contribution >= 4 is 34.8 Å². The highest BCUT2D eigenvalue weighted by molar-refractivity contribution is 6.05. The van der Waals surface area contributed by atoms with Gasteiger partial charge in [-0.3, -0.25) is 19.4 Å². The van der Waals surface area contributed by atoms with Gasteiger partial charge in [0.1, 0.15) is 6.04 Å². The quantitative estimate of drug-likeness (QED) is 0.370. The molecule has 1 atom stereocenters. The maximum absolute atomic E-state index is 13.2. The van der Waals surface area contributed by atoms with Gasteiger partial charge in [-0.1, -0.05) is 31.9 Å². The van der Waals surface area contributed by atoms with Crippen LogP contribution in [0.3, 0.4) is 0 Å². The average Bonchev–Trinajstić information content (AvgIpc) is 3.47. The minimum atomic E-state index is -0.684. The third-order valence-corrected chi connectivity index (χ3v) is 6.36. The number of rotatable bonds is 10. The van der Waals surface area contributed by atoms with E-state index in [0.29, 0.717) is 28.9 Å². The number of hydrogen-bond donors (Lipinski definition) is 3. The van der Waals surface area contributed by atoms with Gasteiger partial charge in [0.05, 0.1) is 5.56 Å². The van der Waals surface area contributed by atoms with Crippen molar-refractivity contribution in [1.29, 1.82) is 0 Å². The van der Waals surface area contributed by atoms with Gasteiger partial charge in [-0.25, -0.2) is 0 Å². The molecule has 1 aromatic heterocycles. The lowest BCUT2D eigenvalue weighted by molar-refractivity contribution is -0.118. The van der Waals surface area contributed by atoms with Crippen LogP contribution in [0.1, 0.15) is 59.7 Å². The van der Waals surface area contributed by atoms with Crippen LogP contribution in [0.25, 0.3) is 0 Å². The van der Waals surface area contributed by atoms with Crippen LogP contribution in [0.4, 0.5) is 17.1 Å². The molecule has 8 heteroatoms. The fourth-order valence-corrected chi connectivity index (χ4v) is 4.34. The Morgan fingerprint density at radius 3 is 2.35 bits per heavy atom. The molecule has 0 saturated carbocycles. The highest BCUT2D eigenvalue weighted by Crippen LogP contribution is 2.23. The summed E-state index contributed by atoms with van der Waals surface area (Å²) in [4.78, 5) is 45.0. The predicted molar refractivity (Wildman–Crippen MR) is 146 cm³/mol. The lowest BCUT2D eigenvalue weighted by Crippen LogP contribution is -2.43. The van der Waals surface area contributed by atoms with Crippen molar-refractivity contribution in [2.75, 3.05) is 28.6 Å². The minimum Gasteiger partial charge on any atom is -0.371 e. The van der Waals surface area contributed by atoms with Gasteiger partial charge in [0.15, 0.2) is 0 Å². The molecule has 0 aliphatic carbocycles. The van der Waals surface area contributed by atoms with Gasteiger partial charge in [0.25, 0.3) is 11.8 Å². The molecule has 1 unspecified atom stereocenters. The Bertz CT molecular complexity index is 1220. The lowest BCUT2D eigenvalue weighted by atomic mass is 10.1. The Morgan fingerprint density at radius 2 is 1.62 bits per heavy atom. The van der Waals surface area contributed by atoms with Crippen molar-refractivity contribution in [2.24, 2.45) is 0 Å². The summed E-state index contributed by atoms with van der Waals surface area (Å²) in [5.74, 6) is -0.942. The van der Waals surface area contributed by atoms with Crippen LogP contribution in [-0.4, -0.2) is 41.8 Å². The van der Waals surface area contributed by atoms with Crippen LogP contribution in [-0.2, 0) is 4.79 Å². The van der Waals surface area contributed by atoms with Crippen LogP contribution in [0.5, 0.6) is 0 Å². The highest BCUT2D eigenvalue weighted by Gasteiger charge is 2.22. The van der Waals surface area contributed by atoms with E-state index in [1.165, 1.54) is 19.0 Å². The third-order valence-electron chi connectivity index (χ3n) is 6.36. The third kappa shape index (κ3) is 7.16. The molecule has 1 saturated heterocycles. The molecule has 1 fully saturated rings. The van der Waals surface area contributed by atoms with E-state index >= 15 is 0 Å². The lowest BCUT2D eigenvalue weighted by Gasteiger charge is -2.21. The molecule has 3 aromatic rings. The number of carbonyl (C=O) groups excluding carboxylic acids is 3. The standard InChI is InChI=1S/C29H33N5O3/c1-2-3-14-26(29(37)32-24-12-7-13-25(19-24)34-16-4-5-17-34)33-27(35)21-9-6-11-23(18-21)31-28(36)22-10-8-15-30-20-22/h6-13,15,18-20,26H,2-5,14,16-17H2,1H3,(H,31,36)(H,32,37)(H,33,35). The van der Waals surface area contributed by atoms with Crippen molar-refractivity contribution in [3.63, 3.8) is 0 Å². The van der Waals surface area contributed by atoms with E-state index in [1.54, 1.807) is 42.6 Å². The first kappa shape index (κ1) is 25.9. The molecule has 192 valence electrons. The summed E-state index contributed by atoms with van der Waals surface area (Å²) in [5.41, 5.74) is 3.06. The monoisotopic (exact) mass is 499 g/mol. The number of aromatic nitrogens is 1. The van der Waals surface area contributed by atoms with E-state index < -0.39 is 6.04 Å². The SMILES string of the molecule is CCCCC(NC(=O)c1cccc(NC(=O)c2cccnc2)c1)C(=O)Nc1cccc(N2CCCC2)c1. The fraction of sp³-hybridized carbons (Fsp3) is 0.310. The van der Waals surface area contributed by atoms with Gasteiger partial charge < -0.3 is 20.9 Å². The number of nitrogens with zero attached hydrogens (tertiary/aromatic N) is 2. The predicted octanol–water partition coefficient (Wildman–Crippen LogP) is 4.86. The van der Waals surface area contributed by atoms with Crippen molar-refractivity contribution in [2.45, 2.75) is 45.1 Å². The highest BCUT2D eigenvalue weighted by atomic mass is 16.2. The second-order valence-electron chi connectivity index (χ2n) is 9.18. The van der Waals surface area contributed by atoms with Crippen molar-refractivity contribution < 1.29 is 14.4 Å². The van der Waals surface area contributed by atoms with E-state index in [9.17, 15) is 14.4 Å². The Morgan fingerprint density at radius 1 is 0.892 bits per heavy atom. The van der Waals surface area contributed by atoms with Gasteiger partial charge >= 0.3 is 0 Å². The summed E-state index contributed by atoms with van der Waals surface area (Å²) in [7, 11) is 0. The van der Waals surface area contributed by atoms with E-state index in [0.717, 1.165) is 31.6 Å². The molecule has 1 aliphatic heterocycles. The molecule has 0 radical (unpaired) electrons. The number of hydrogen-bond acceptors (Lipinski definition) is 5. The Balaban J connectivity index is 1.42. The molecule has 4 rings (SSSR count). The van der Waals surface area contributed by atoms with E-state index in [2.05, 4.69) is 31.9 Å². The zero-order chi connectivity index (χ0) is 26.0. The summed E-state index contributed by atoms with van der Waals surface area (Å²) < 4.78 is 0. The molecule has 8 nitrogen and oxygen atoms in total. The molecule has 0 bridgehead atoms. The molecule has 3 amide bonds. The van der Waals surface area contributed by atoms with Crippen LogP contribution >= 0.6 is 0 Å². The molecule has 1 aliphatic rings. The average molecular weight is 500 g/mol. The van der Waals surface area contributed by atoms with Gasteiger partial charge in [-0.05, 0) is 67.8 Å². The Labute approximate surface area is 217 Å². The summed E-state index contributed by atoms with van der Waals surface area (Å²) in [6.45, 7) is 4.09. The maximum Gasteiger partial charge on any atom is 0.257 e. The smallest absolute Gasteiger partial charge is 0.257 e. The van der Waals surface area contributed by atoms with Crippen LogP contribution in [0.15, 0.2) is 73.1 Å². The summed E-state index contributed by atoms with van der Waals surface area (Å²) in [6.07, 6.45) is 7.65. The number of benzene rings is 2. The first-order valence-corrected chi connectivity index (χ1v) is 12.8. The number of anilines is 3. The molecular formula is C29H33N5O3. The van der Waals surface area contributed by atoms with Crippen LogP contribution in [0, 0.1) is 0 Å². The topological polar surface area (TPSA) is 103 Å². The van der Waals surface area contributed by atoms with E-state index in [1.807, 2.05) is 25.1 Å². The van der Waals surface area contributed by atoms with E-state index in [4.69, 9.17) is 0 Å². The van der Waals surface area contributed by atoms with Crippen molar-refractivity contribution in [1.82, 2.24) is 10.3 Å². The second-order valence-corrected chi connectivity index (χ2v) is 9.18. The minimum absolute atomic E-state index is 0.249. The number of unbranched alkanes of at least 4 members (excludes halogenated alkanes) is 1. The Kier molecular flexibility index (Phi) is 8.86. The molecule has 2 heterocycles.